The summed E-state index contributed by atoms with van der Waals surface area (Å²) in [6, 6.07) is 0.671. The van der Waals surface area contributed by atoms with Crippen molar-refractivity contribution in [3.63, 3.8) is 0 Å². The average Bonchev–Trinajstić information content (AvgIpc) is 2.78. The molecule has 2 unspecified atom stereocenters. The molecule has 5 heteroatoms. The largest absolute Gasteiger partial charge is 0.409 e. The standard InChI is InChI=1S/C12H26N4O/c1-4-16(5-2)11-6-7-15(9-11)8-10(3)12(13)14-17/h10-11,17H,4-9H2,1-3H3,(H2,13,14). The Hall–Kier alpha value is -0.810. The second kappa shape index (κ2) is 6.81. The first kappa shape index (κ1) is 14.3. The first-order chi connectivity index (χ1) is 8.12. The molecular weight excluding hydrogens is 216 g/mol. The molecule has 5 nitrogen and oxygen atoms in total. The molecule has 1 rings (SSSR count). The van der Waals surface area contributed by atoms with Gasteiger partial charge in [0.1, 0.15) is 5.84 Å². The number of nitrogens with two attached hydrogens (primary N) is 1. The molecule has 0 aliphatic carbocycles. The SMILES string of the molecule is CCN(CC)C1CCN(CC(C)/C(N)=N/O)C1. The number of nitrogens with zero attached hydrogens (tertiary/aromatic N) is 3. The van der Waals surface area contributed by atoms with Gasteiger partial charge in [0, 0.05) is 25.0 Å². The van der Waals surface area contributed by atoms with Crippen molar-refractivity contribution >= 4 is 5.84 Å². The zero-order chi connectivity index (χ0) is 12.8. The minimum atomic E-state index is 0.121. The van der Waals surface area contributed by atoms with E-state index in [0.717, 1.165) is 32.7 Å². The Morgan fingerprint density at radius 3 is 2.71 bits per heavy atom. The molecule has 1 saturated heterocycles. The van der Waals surface area contributed by atoms with Crippen LogP contribution >= 0.6 is 0 Å². The smallest absolute Gasteiger partial charge is 0.143 e. The van der Waals surface area contributed by atoms with Crippen LogP contribution in [0.3, 0.4) is 0 Å². The second-order valence-corrected chi connectivity index (χ2v) is 4.85. The normalized spacial score (nSPS) is 24.5. The first-order valence-corrected chi connectivity index (χ1v) is 6.56. The molecule has 1 aliphatic heterocycles. The summed E-state index contributed by atoms with van der Waals surface area (Å²) in [5.41, 5.74) is 5.60. The predicted octanol–water partition coefficient (Wildman–Crippen LogP) is 0.785. The van der Waals surface area contributed by atoms with Crippen LogP contribution in [0.15, 0.2) is 5.16 Å². The van der Waals surface area contributed by atoms with Crippen LogP contribution in [0.1, 0.15) is 27.2 Å². The zero-order valence-electron chi connectivity index (χ0n) is 11.3. The first-order valence-electron chi connectivity index (χ1n) is 6.56. The van der Waals surface area contributed by atoms with E-state index in [1.54, 1.807) is 0 Å². The number of amidine groups is 1. The molecule has 0 aromatic heterocycles. The lowest BCUT2D eigenvalue weighted by atomic mass is 10.1. The molecule has 0 aromatic rings. The third-order valence-corrected chi connectivity index (χ3v) is 3.73. The van der Waals surface area contributed by atoms with Gasteiger partial charge in [-0.3, -0.25) is 4.90 Å². The number of likely N-dealkylation sites (tertiary alicyclic amines) is 1. The summed E-state index contributed by atoms with van der Waals surface area (Å²) in [4.78, 5) is 4.92. The molecule has 1 fully saturated rings. The Kier molecular flexibility index (Phi) is 5.71. The van der Waals surface area contributed by atoms with Gasteiger partial charge in [-0.25, -0.2) is 0 Å². The van der Waals surface area contributed by atoms with Crippen LogP contribution in [0.5, 0.6) is 0 Å². The van der Waals surface area contributed by atoms with Gasteiger partial charge < -0.3 is 15.8 Å². The van der Waals surface area contributed by atoms with Crippen LogP contribution in [-0.2, 0) is 0 Å². The number of hydrogen-bond acceptors (Lipinski definition) is 4. The van der Waals surface area contributed by atoms with Gasteiger partial charge in [0.2, 0.25) is 0 Å². The summed E-state index contributed by atoms with van der Waals surface area (Å²) >= 11 is 0. The van der Waals surface area contributed by atoms with Crippen LogP contribution < -0.4 is 5.73 Å². The number of oxime groups is 1. The van der Waals surface area contributed by atoms with Gasteiger partial charge in [0.05, 0.1) is 0 Å². The van der Waals surface area contributed by atoms with E-state index < -0.39 is 0 Å². The van der Waals surface area contributed by atoms with E-state index in [4.69, 9.17) is 10.9 Å². The molecule has 0 radical (unpaired) electrons. The van der Waals surface area contributed by atoms with E-state index in [9.17, 15) is 0 Å². The van der Waals surface area contributed by atoms with Gasteiger partial charge in [-0.05, 0) is 26.1 Å². The van der Waals surface area contributed by atoms with Crippen LogP contribution in [0.4, 0.5) is 0 Å². The average molecular weight is 242 g/mol. The van der Waals surface area contributed by atoms with Crippen LogP contribution in [0.2, 0.25) is 0 Å². The third-order valence-electron chi connectivity index (χ3n) is 3.73. The Morgan fingerprint density at radius 2 is 2.18 bits per heavy atom. The summed E-state index contributed by atoms with van der Waals surface area (Å²) in [6.07, 6.45) is 1.23. The fraction of sp³-hybridized carbons (Fsp3) is 0.917. The Labute approximate surface area is 104 Å². The summed E-state index contributed by atoms with van der Waals surface area (Å²) in [5, 5.41) is 11.7. The highest BCUT2D eigenvalue weighted by Gasteiger charge is 2.27. The molecule has 0 saturated carbocycles. The summed E-state index contributed by atoms with van der Waals surface area (Å²) in [6.45, 7) is 11.8. The molecule has 3 N–H and O–H groups in total. The van der Waals surface area contributed by atoms with Crippen molar-refractivity contribution in [1.29, 1.82) is 0 Å². The molecule has 17 heavy (non-hydrogen) atoms. The molecule has 0 bridgehead atoms. The summed E-state index contributed by atoms with van der Waals surface area (Å²) in [5.74, 6) is 0.451. The fourth-order valence-electron chi connectivity index (χ4n) is 2.60. The zero-order valence-corrected chi connectivity index (χ0v) is 11.3. The highest BCUT2D eigenvalue weighted by molar-refractivity contribution is 5.82. The lowest BCUT2D eigenvalue weighted by molar-refractivity contribution is 0.207. The second-order valence-electron chi connectivity index (χ2n) is 4.85. The quantitative estimate of drug-likeness (QED) is 0.313. The van der Waals surface area contributed by atoms with E-state index in [2.05, 4.69) is 28.8 Å². The highest BCUT2D eigenvalue weighted by atomic mass is 16.4. The maximum absolute atomic E-state index is 8.63. The maximum atomic E-state index is 8.63. The third kappa shape index (κ3) is 3.85. The molecule has 0 spiro atoms. The maximum Gasteiger partial charge on any atom is 0.143 e. The predicted molar refractivity (Wildman–Crippen MR) is 70.3 cm³/mol. The van der Waals surface area contributed by atoms with Crippen molar-refractivity contribution in [3.8, 4) is 0 Å². The molecule has 0 amide bonds. The van der Waals surface area contributed by atoms with Crippen molar-refractivity contribution < 1.29 is 5.21 Å². The molecule has 1 aliphatic rings. The molecular formula is C12H26N4O. The molecule has 2 atom stereocenters. The van der Waals surface area contributed by atoms with Crippen LogP contribution in [0.25, 0.3) is 0 Å². The van der Waals surface area contributed by atoms with Crippen molar-refractivity contribution in [2.75, 3.05) is 32.7 Å². The lowest BCUT2D eigenvalue weighted by Gasteiger charge is -2.26. The van der Waals surface area contributed by atoms with Crippen LogP contribution in [0, 0.1) is 5.92 Å². The molecule has 0 aromatic carbocycles. The Morgan fingerprint density at radius 1 is 1.53 bits per heavy atom. The topological polar surface area (TPSA) is 65.1 Å². The van der Waals surface area contributed by atoms with Gasteiger partial charge in [0.15, 0.2) is 0 Å². The van der Waals surface area contributed by atoms with Crippen molar-refractivity contribution in [3.05, 3.63) is 0 Å². The molecule has 100 valence electrons. The van der Waals surface area contributed by atoms with E-state index in [1.165, 1.54) is 6.42 Å². The minimum absolute atomic E-state index is 0.121. The minimum Gasteiger partial charge on any atom is -0.409 e. The van der Waals surface area contributed by atoms with Gasteiger partial charge in [-0.15, -0.1) is 0 Å². The van der Waals surface area contributed by atoms with E-state index >= 15 is 0 Å². The van der Waals surface area contributed by atoms with Crippen molar-refractivity contribution in [1.82, 2.24) is 9.80 Å². The Balaban J connectivity index is 2.40. The van der Waals surface area contributed by atoms with E-state index in [-0.39, 0.29) is 5.92 Å². The number of hydrogen-bond donors (Lipinski definition) is 2. The lowest BCUT2D eigenvalue weighted by Crippen LogP contribution is -2.39. The van der Waals surface area contributed by atoms with E-state index in [1.807, 2.05) is 6.92 Å². The van der Waals surface area contributed by atoms with Crippen molar-refractivity contribution in [2.45, 2.75) is 33.2 Å². The van der Waals surface area contributed by atoms with Gasteiger partial charge in [-0.1, -0.05) is 25.9 Å². The van der Waals surface area contributed by atoms with Gasteiger partial charge in [-0.2, -0.15) is 0 Å². The number of likely N-dealkylation sites (N-methyl/N-ethyl adjacent to an activating group) is 1. The van der Waals surface area contributed by atoms with E-state index in [0.29, 0.717) is 11.9 Å². The summed E-state index contributed by atoms with van der Waals surface area (Å²) < 4.78 is 0. The van der Waals surface area contributed by atoms with Crippen molar-refractivity contribution in [2.24, 2.45) is 16.8 Å². The van der Waals surface area contributed by atoms with Crippen LogP contribution in [-0.4, -0.2) is 59.6 Å². The summed E-state index contributed by atoms with van der Waals surface area (Å²) in [7, 11) is 0. The Bertz CT molecular complexity index is 253. The monoisotopic (exact) mass is 242 g/mol. The number of rotatable bonds is 6. The fourth-order valence-corrected chi connectivity index (χ4v) is 2.60. The van der Waals surface area contributed by atoms with Gasteiger partial charge in [0.25, 0.3) is 0 Å². The highest BCUT2D eigenvalue weighted by Crippen LogP contribution is 2.16. The molecule has 1 heterocycles. The van der Waals surface area contributed by atoms with Gasteiger partial charge >= 0.3 is 0 Å².